The van der Waals surface area contributed by atoms with Crippen molar-refractivity contribution in [3.63, 3.8) is 0 Å². The minimum Gasteiger partial charge on any atom is -0.346 e. The maximum absolute atomic E-state index is 13.0. The molecule has 124 valence electrons. The lowest BCUT2D eigenvalue weighted by Gasteiger charge is -2.24. The maximum Gasteiger partial charge on any atom is 0.244 e. The van der Waals surface area contributed by atoms with Crippen LogP contribution in [0.4, 0.5) is 4.39 Å². The molecule has 0 spiro atoms. The second-order valence-corrected chi connectivity index (χ2v) is 9.14. The Morgan fingerprint density at radius 2 is 2.04 bits per heavy atom. The summed E-state index contributed by atoms with van der Waals surface area (Å²) in [5.41, 5.74) is 0.961. The van der Waals surface area contributed by atoms with Gasteiger partial charge in [-0.25, -0.2) is 12.8 Å². The van der Waals surface area contributed by atoms with Crippen LogP contribution in [0.2, 0.25) is 0 Å². The van der Waals surface area contributed by atoms with Gasteiger partial charge in [-0.1, -0.05) is 23.9 Å². The number of sulfone groups is 1. The molecule has 0 N–H and O–H groups in total. The molecule has 1 amide bonds. The second-order valence-electron chi connectivity index (χ2n) is 5.78. The fourth-order valence-electron chi connectivity index (χ4n) is 2.93. The summed E-state index contributed by atoms with van der Waals surface area (Å²) >= 11 is 1.37. The Hall–Kier alpha value is -1.41. The van der Waals surface area contributed by atoms with Gasteiger partial charge < -0.3 is 4.90 Å². The van der Waals surface area contributed by atoms with E-state index in [2.05, 4.69) is 4.99 Å². The van der Waals surface area contributed by atoms with Gasteiger partial charge in [0, 0.05) is 18.7 Å². The van der Waals surface area contributed by atoms with Gasteiger partial charge in [-0.3, -0.25) is 4.79 Å². The van der Waals surface area contributed by atoms with Crippen LogP contribution in [0, 0.1) is 5.82 Å². The largest absolute Gasteiger partial charge is 0.346 e. The first kappa shape index (κ1) is 16.4. The van der Waals surface area contributed by atoms with Crippen LogP contribution in [0.3, 0.4) is 0 Å². The molecule has 2 heterocycles. The maximum atomic E-state index is 13.0. The Bertz CT molecular complexity index is 746. The number of amidine groups is 1. The molecule has 2 saturated heterocycles. The molecule has 0 bridgehead atoms. The highest BCUT2D eigenvalue weighted by atomic mass is 32.2. The summed E-state index contributed by atoms with van der Waals surface area (Å²) in [4.78, 5) is 17.3. The van der Waals surface area contributed by atoms with E-state index in [0.29, 0.717) is 18.1 Å². The van der Waals surface area contributed by atoms with E-state index in [1.54, 1.807) is 12.1 Å². The van der Waals surface area contributed by atoms with Gasteiger partial charge in [-0.2, -0.15) is 4.99 Å². The van der Waals surface area contributed by atoms with Gasteiger partial charge in [-0.05, 0) is 24.1 Å². The predicted octanol–water partition coefficient (Wildman–Crippen LogP) is 1.49. The summed E-state index contributed by atoms with van der Waals surface area (Å²) in [5, 5.41) is 0.538. The number of carbonyl (C=O) groups excluding carboxylic acids is 1. The molecule has 2 atom stereocenters. The summed E-state index contributed by atoms with van der Waals surface area (Å²) in [6.07, 6.45) is 0.640. The SMILES string of the molecule is CC(=O)N=C1SC2CS(=O)(=O)CC2N1CCc1ccc(F)cc1. The fraction of sp³-hybridized carbons (Fsp3) is 0.467. The van der Waals surface area contributed by atoms with Gasteiger partial charge >= 0.3 is 0 Å². The van der Waals surface area contributed by atoms with E-state index in [9.17, 15) is 17.6 Å². The van der Waals surface area contributed by atoms with Gasteiger partial charge in [0.15, 0.2) is 15.0 Å². The van der Waals surface area contributed by atoms with Gasteiger partial charge in [0.1, 0.15) is 5.82 Å². The molecule has 23 heavy (non-hydrogen) atoms. The van der Waals surface area contributed by atoms with Gasteiger partial charge in [0.2, 0.25) is 5.91 Å². The van der Waals surface area contributed by atoms with Crippen molar-refractivity contribution in [3.05, 3.63) is 35.6 Å². The Morgan fingerprint density at radius 3 is 2.70 bits per heavy atom. The average molecular weight is 356 g/mol. The van der Waals surface area contributed by atoms with Crippen LogP contribution in [0.15, 0.2) is 29.3 Å². The molecule has 1 aromatic rings. The molecule has 0 radical (unpaired) electrons. The molecule has 2 aliphatic rings. The molecule has 2 fully saturated rings. The number of rotatable bonds is 3. The van der Waals surface area contributed by atoms with E-state index >= 15 is 0 Å². The summed E-state index contributed by atoms with van der Waals surface area (Å²) in [5.74, 6) is -0.342. The monoisotopic (exact) mass is 356 g/mol. The van der Waals surface area contributed by atoms with Crippen LogP contribution in [0.25, 0.3) is 0 Å². The topological polar surface area (TPSA) is 66.8 Å². The number of nitrogens with zero attached hydrogens (tertiary/aromatic N) is 2. The number of carbonyl (C=O) groups is 1. The molecular weight excluding hydrogens is 339 g/mol. The van der Waals surface area contributed by atoms with E-state index < -0.39 is 9.84 Å². The molecule has 2 unspecified atom stereocenters. The van der Waals surface area contributed by atoms with Crippen molar-refractivity contribution >= 4 is 32.7 Å². The van der Waals surface area contributed by atoms with Gasteiger partial charge in [0.05, 0.1) is 17.5 Å². The smallest absolute Gasteiger partial charge is 0.244 e. The van der Waals surface area contributed by atoms with E-state index in [1.807, 2.05) is 4.90 Å². The quantitative estimate of drug-likeness (QED) is 0.821. The van der Waals surface area contributed by atoms with Crippen molar-refractivity contribution in [3.8, 4) is 0 Å². The summed E-state index contributed by atoms with van der Waals surface area (Å²) in [7, 11) is -3.03. The number of amides is 1. The molecule has 2 aliphatic heterocycles. The number of hydrogen-bond donors (Lipinski definition) is 0. The molecule has 0 aliphatic carbocycles. The zero-order valence-electron chi connectivity index (χ0n) is 12.6. The van der Waals surface area contributed by atoms with Crippen LogP contribution in [0.1, 0.15) is 12.5 Å². The van der Waals surface area contributed by atoms with E-state index in [0.717, 1.165) is 5.56 Å². The number of fused-ring (bicyclic) bond motifs is 1. The number of benzene rings is 1. The van der Waals surface area contributed by atoms with Crippen LogP contribution >= 0.6 is 11.8 Å². The lowest BCUT2D eigenvalue weighted by atomic mass is 10.1. The fourth-order valence-corrected chi connectivity index (χ4v) is 6.95. The highest BCUT2D eigenvalue weighted by molar-refractivity contribution is 8.15. The first-order valence-corrected chi connectivity index (χ1v) is 10.0. The number of hydrogen-bond acceptors (Lipinski definition) is 4. The Labute approximate surface area is 138 Å². The Morgan fingerprint density at radius 1 is 1.35 bits per heavy atom. The van der Waals surface area contributed by atoms with Crippen molar-refractivity contribution in [1.29, 1.82) is 0 Å². The lowest BCUT2D eigenvalue weighted by molar-refractivity contribution is -0.115. The van der Waals surface area contributed by atoms with Crippen LogP contribution in [0.5, 0.6) is 0 Å². The minimum atomic E-state index is -3.03. The Balaban J connectivity index is 1.77. The summed E-state index contributed by atoms with van der Waals surface area (Å²) in [6.45, 7) is 1.94. The lowest BCUT2D eigenvalue weighted by Crippen LogP contribution is -2.39. The summed E-state index contributed by atoms with van der Waals surface area (Å²) in [6, 6.07) is 6.10. The molecular formula is C15H17FN2O3S2. The van der Waals surface area contributed by atoms with Crippen LogP contribution in [-0.4, -0.2) is 53.7 Å². The van der Waals surface area contributed by atoms with E-state index in [4.69, 9.17) is 0 Å². The second kappa shape index (κ2) is 6.24. The highest BCUT2D eigenvalue weighted by Crippen LogP contribution is 2.38. The van der Waals surface area contributed by atoms with Crippen molar-refractivity contribution in [2.24, 2.45) is 4.99 Å². The van der Waals surface area contributed by atoms with E-state index in [-0.39, 0.29) is 34.5 Å². The normalized spacial score (nSPS) is 27.4. The zero-order chi connectivity index (χ0) is 16.6. The number of halogens is 1. The first-order valence-electron chi connectivity index (χ1n) is 7.31. The molecule has 0 aromatic heterocycles. The molecule has 8 heteroatoms. The van der Waals surface area contributed by atoms with Crippen molar-refractivity contribution < 1.29 is 17.6 Å². The van der Waals surface area contributed by atoms with Gasteiger partial charge in [-0.15, -0.1) is 0 Å². The van der Waals surface area contributed by atoms with Crippen molar-refractivity contribution in [2.45, 2.75) is 24.6 Å². The third-order valence-electron chi connectivity index (χ3n) is 3.98. The molecule has 5 nitrogen and oxygen atoms in total. The molecule has 3 rings (SSSR count). The number of thioether (sulfide) groups is 1. The zero-order valence-corrected chi connectivity index (χ0v) is 14.2. The third-order valence-corrected chi connectivity index (χ3v) is 7.23. The van der Waals surface area contributed by atoms with Crippen LogP contribution in [-0.2, 0) is 21.1 Å². The molecule has 0 saturated carbocycles. The van der Waals surface area contributed by atoms with Crippen molar-refractivity contribution in [1.82, 2.24) is 4.90 Å². The third kappa shape index (κ3) is 3.74. The standard InChI is InChI=1S/C15H17FN2O3S2/c1-10(19)17-15-18(7-6-11-2-4-12(16)5-3-11)13-8-23(20,21)9-14(13)22-15/h2-5,13-14H,6-9H2,1H3. The average Bonchev–Trinajstić information content (AvgIpc) is 2.89. The first-order chi connectivity index (χ1) is 10.8. The Kier molecular flexibility index (Phi) is 4.46. The van der Waals surface area contributed by atoms with E-state index in [1.165, 1.54) is 30.8 Å². The highest BCUT2D eigenvalue weighted by Gasteiger charge is 2.48. The minimum absolute atomic E-state index is 0.0636. The summed E-state index contributed by atoms with van der Waals surface area (Å²) < 4.78 is 36.6. The van der Waals surface area contributed by atoms with Crippen LogP contribution < -0.4 is 0 Å². The van der Waals surface area contributed by atoms with Gasteiger partial charge in [0.25, 0.3) is 0 Å². The number of aliphatic imine (C=N–C) groups is 1. The predicted molar refractivity (Wildman–Crippen MR) is 88.7 cm³/mol. The molecule has 1 aromatic carbocycles. The van der Waals surface area contributed by atoms with Crippen molar-refractivity contribution in [2.75, 3.05) is 18.1 Å².